The van der Waals surface area contributed by atoms with Gasteiger partial charge in [-0.1, -0.05) is 25.1 Å². The quantitative estimate of drug-likeness (QED) is 0.819. The highest BCUT2D eigenvalue weighted by Gasteiger charge is 2.35. The maximum Gasteiger partial charge on any atom is 0.123 e. The van der Waals surface area contributed by atoms with Crippen molar-refractivity contribution in [3.05, 3.63) is 29.8 Å². The van der Waals surface area contributed by atoms with Gasteiger partial charge in [0.15, 0.2) is 0 Å². The molecular formula is C13H19NO. The van der Waals surface area contributed by atoms with Gasteiger partial charge >= 0.3 is 0 Å². The molecule has 1 aliphatic heterocycles. The average Bonchev–Trinajstić information content (AvgIpc) is 2.79. The molecular weight excluding hydrogens is 186 g/mol. The molecule has 0 radical (unpaired) electrons. The minimum Gasteiger partial charge on any atom is -0.496 e. The monoisotopic (exact) mass is 205 g/mol. The highest BCUT2D eigenvalue weighted by Crippen LogP contribution is 2.38. The predicted octanol–water partition coefficient (Wildman–Crippen LogP) is 2.68. The Balaban J connectivity index is 2.41. The van der Waals surface area contributed by atoms with Gasteiger partial charge in [-0.25, -0.2) is 0 Å². The van der Waals surface area contributed by atoms with E-state index in [2.05, 4.69) is 24.4 Å². The lowest BCUT2D eigenvalue weighted by molar-refractivity contribution is 0.342. The Kier molecular flexibility index (Phi) is 2.96. The van der Waals surface area contributed by atoms with Gasteiger partial charge in [-0.3, -0.25) is 0 Å². The highest BCUT2D eigenvalue weighted by atomic mass is 16.5. The van der Waals surface area contributed by atoms with Gasteiger partial charge in [0, 0.05) is 11.1 Å². The Morgan fingerprint density at radius 1 is 1.40 bits per heavy atom. The van der Waals surface area contributed by atoms with Crippen molar-refractivity contribution in [2.24, 2.45) is 0 Å². The van der Waals surface area contributed by atoms with Crippen molar-refractivity contribution in [3.8, 4) is 5.75 Å². The largest absolute Gasteiger partial charge is 0.496 e. The predicted molar refractivity (Wildman–Crippen MR) is 62.2 cm³/mol. The maximum absolute atomic E-state index is 5.44. The Labute approximate surface area is 91.6 Å². The van der Waals surface area contributed by atoms with Gasteiger partial charge in [0.05, 0.1) is 7.11 Å². The summed E-state index contributed by atoms with van der Waals surface area (Å²) >= 11 is 0. The van der Waals surface area contributed by atoms with Crippen LogP contribution in [0.2, 0.25) is 0 Å². The molecule has 82 valence electrons. The molecule has 2 heteroatoms. The third kappa shape index (κ3) is 1.74. The van der Waals surface area contributed by atoms with E-state index < -0.39 is 0 Å². The number of benzene rings is 1. The van der Waals surface area contributed by atoms with Crippen LogP contribution in [0.3, 0.4) is 0 Å². The first-order valence-corrected chi connectivity index (χ1v) is 5.71. The van der Waals surface area contributed by atoms with Gasteiger partial charge < -0.3 is 10.1 Å². The molecule has 1 heterocycles. The first-order valence-electron chi connectivity index (χ1n) is 5.71. The van der Waals surface area contributed by atoms with Gasteiger partial charge in [-0.05, 0) is 31.9 Å². The van der Waals surface area contributed by atoms with Crippen molar-refractivity contribution in [2.45, 2.75) is 31.7 Å². The van der Waals surface area contributed by atoms with E-state index in [1.807, 2.05) is 12.1 Å². The average molecular weight is 205 g/mol. The molecule has 0 spiro atoms. The van der Waals surface area contributed by atoms with Crippen LogP contribution in [-0.2, 0) is 5.54 Å². The van der Waals surface area contributed by atoms with Crippen molar-refractivity contribution in [1.29, 1.82) is 0 Å². The third-order valence-electron chi connectivity index (χ3n) is 3.47. The third-order valence-corrected chi connectivity index (χ3v) is 3.47. The maximum atomic E-state index is 5.44. The first-order chi connectivity index (χ1) is 7.32. The zero-order valence-electron chi connectivity index (χ0n) is 9.55. The van der Waals surface area contributed by atoms with E-state index in [-0.39, 0.29) is 5.54 Å². The second-order valence-corrected chi connectivity index (χ2v) is 4.17. The van der Waals surface area contributed by atoms with Crippen molar-refractivity contribution < 1.29 is 4.74 Å². The van der Waals surface area contributed by atoms with Gasteiger partial charge in [0.25, 0.3) is 0 Å². The molecule has 0 aliphatic carbocycles. The summed E-state index contributed by atoms with van der Waals surface area (Å²) in [6, 6.07) is 8.35. The summed E-state index contributed by atoms with van der Waals surface area (Å²) < 4.78 is 5.44. The lowest BCUT2D eigenvalue weighted by Crippen LogP contribution is -2.36. The molecule has 1 atom stereocenters. The molecule has 2 nitrogen and oxygen atoms in total. The first kappa shape index (κ1) is 10.5. The second-order valence-electron chi connectivity index (χ2n) is 4.17. The number of ether oxygens (including phenoxy) is 1. The van der Waals surface area contributed by atoms with Crippen LogP contribution in [0.1, 0.15) is 31.7 Å². The zero-order chi connectivity index (χ0) is 10.7. The number of hydrogen-bond acceptors (Lipinski definition) is 2. The van der Waals surface area contributed by atoms with Crippen LogP contribution in [0.4, 0.5) is 0 Å². The van der Waals surface area contributed by atoms with E-state index in [1.54, 1.807) is 7.11 Å². The Morgan fingerprint density at radius 3 is 2.80 bits per heavy atom. The van der Waals surface area contributed by atoms with E-state index in [1.165, 1.54) is 18.4 Å². The normalized spacial score (nSPS) is 25.5. The van der Waals surface area contributed by atoms with E-state index in [9.17, 15) is 0 Å². The van der Waals surface area contributed by atoms with Crippen LogP contribution in [0.5, 0.6) is 5.75 Å². The topological polar surface area (TPSA) is 21.3 Å². The smallest absolute Gasteiger partial charge is 0.123 e. The van der Waals surface area contributed by atoms with Crippen LogP contribution in [0, 0.1) is 0 Å². The van der Waals surface area contributed by atoms with Gasteiger partial charge in [0.2, 0.25) is 0 Å². The second kappa shape index (κ2) is 4.23. The Bertz CT molecular complexity index is 329. The molecule has 0 aromatic heterocycles. The summed E-state index contributed by atoms with van der Waals surface area (Å²) in [6.07, 6.45) is 3.59. The van der Waals surface area contributed by atoms with Crippen LogP contribution in [-0.4, -0.2) is 13.7 Å². The molecule has 1 N–H and O–H groups in total. The van der Waals surface area contributed by atoms with Crippen LogP contribution < -0.4 is 10.1 Å². The molecule has 15 heavy (non-hydrogen) atoms. The number of methoxy groups -OCH3 is 1. The fourth-order valence-corrected chi connectivity index (χ4v) is 2.57. The van der Waals surface area contributed by atoms with Crippen molar-refractivity contribution in [3.63, 3.8) is 0 Å². The lowest BCUT2D eigenvalue weighted by atomic mass is 9.85. The van der Waals surface area contributed by atoms with E-state index >= 15 is 0 Å². The summed E-state index contributed by atoms with van der Waals surface area (Å²) in [4.78, 5) is 0. The number of para-hydroxylation sites is 1. The standard InChI is InChI=1S/C13H19NO/c1-3-13(9-6-10-14-13)11-7-4-5-8-12(11)15-2/h4-5,7-8,14H,3,6,9-10H2,1-2H3. The summed E-state index contributed by atoms with van der Waals surface area (Å²) in [5, 5.41) is 3.63. The molecule has 1 unspecified atom stereocenters. The Hall–Kier alpha value is -1.02. The minimum atomic E-state index is 0.145. The summed E-state index contributed by atoms with van der Waals surface area (Å²) in [6.45, 7) is 3.36. The molecule has 1 fully saturated rings. The van der Waals surface area contributed by atoms with E-state index in [4.69, 9.17) is 4.74 Å². The molecule has 1 aromatic rings. The van der Waals surface area contributed by atoms with E-state index in [0.717, 1.165) is 18.7 Å². The number of hydrogen-bond donors (Lipinski definition) is 1. The van der Waals surface area contributed by atoms with Crippen LogP contribution in [0.15, 0.2) is 24.3 Å². The van der Waals surface area contributed by atoms with E-state index in [0.29, 0.717) is 0 Å². The molecule has 0 saturated carbocycles. The number of rotatable bonds is 3. The molecule has 1 aromatic carbocycles. The number of nitrogens with one attached hydrogen (secondary N) is 1. The molecule has 0 bridgehead atoms. The fourth-order valence-electron chi connectivity index (χ4n) is 2.57. The lowest BCUT2D eigenvalue weighted by Gasteiger charge is -2.30. The van der Waals surface area contributed by atoms with Gasteiger partial charge in [-0.2, -0.15) is 0 Å². The minimum absolute atomic E-state index is 0.145. The van der Waals surface area contributed by atoms with Crippen LogP contribution in [0.25, 0.3) is 0 Å². The summed E-state index contributed by atoms with van der Waals surface area (Å²) in [5.41, 5.74) is 1.46. The summed E-state index contributed by atoms with van der Waals surface area (Å²) in [7, 11) is 1.75. The van der Waals surface area contributed by atoms with Crippen molar-refractivity contribution in [1.82, 2.24) is 5.32 Å². The SMILES string of the molecule is CCC1(c2ccccc2OC)CCCN1. The van der Waals surface area contributed by atoms with Gasteiger partial charge in [-0.15, -0.1) is 0 Å². The van der Waals surface area contributed by atoms with Crippen LogP contribution >= 0.6 is 0 Å². The Morgan fingerprint density at radius 2 is 2.20 bits per heavy atom. The van der Waals surface area contributed by atoms with Crippen molar-refractivity contribution >= 4 is 0 Å². The summed E-state index contributed by atoms with van der Waals surface area (Å²) in [5.74, 6) is 1.01. The van der Waals surface area contributed by atoms with Crippen molar-refractivity contribution in [2.75, 3.05) is 13.7 Å². The fraction of sp³-hybridized carbons (Fsp3) is 0.538. The zero-order valence-corrected chi connectivity index (χ0v) is 9.55. The van der Waals surface area contributed by atoms with Gasteiger partial charge in [0.1, 0.15) is 5.75 Å². The molecule has 2 rings (SSSR count). The highest BCUT2D eigenvalue weighted by molar-refractivity contribution is 5.39. The molecule has 0 amide bonds. The molecule has 1 aliphatic rings. The molecule has 1 saturated heterocycles.